The molecule has 0 fully saturated rings. The van der Waals surface area contributed by atoms with E-state index in [4.69, 9.17) is 0 Å². The van der Waals surface area contributed by atoms with Crippen molar-refractivity contribution in [2.45, 2.75) is 0 Å². The Labute approximate surface area is 57.3 Å². The fourth-order valence-corrected chi connectivity index (χ4v) is 0.824. The summed E-state index contributed by atoms with van der Waals surface area (Å²) >= 11 is 0. The van der Waals surface area contributed by atoms with Gasteiger partial charge in [0.25, 0.3) is 0 Å². The number of nitrogens with zero attached hydrogens (tertiary/aromatic N) is 2. The van der Waals surface area contributed by atoms with Crippen LogP contribution in [0.15, 0.2) is 24.7 Å². The summed E-state index contributed by atoms with van der Waals surface area (Å²) in [4.78, 5) is 2.94. The van der Waals surface area contributed by atoms with E-state index in [-0.39, 0.29) is 0 Å². The van der Waals surface area contributed by atoms with Crippen LogP contribution in [0.4, 0.5) is 0 Å². The van der Waals surface area contributed by atoms with Gasteiger partial charge in [0.1, 0.15) is 5.69 Å². The zero-order chi connectivity index (χ0) is 6.81. The largest absolute Gasteiger partial charge is 0.367 e. The zero-order valence-electron chi connectivity index (χ0n) is 5.20. The summed E-state index contributed by atoms with van der Waals surface area (Å²) in [5, 5.41) is 10.1. The number of rotatable bonds is 1. The van der Waals surface area contributed by atoms with E-state index >= 15 is 0 Å². The van der Waals surface area contributed by atoms with Crippen molar-refractivity contribution in [3.8, 4) is 11.3 Å². The fraction of sp³-hybridized carbons (Fsp3) is 0. The first-order chi connectivity index (χ1) is 4.97. The molecular formula is C6H6N4. The Kier molecular flexibility index (Phi) is 1.04. The molecule has 4 nitrogen and oxygen atoms in total. The number of hydrogen-bond acceptors (Lipinski definition) is 2. The van der Waals surface area contributed by atoms with E-state index in [9.17, 15) is 0 Å². The quantitative estimate of drug-likeness (QED) is 0.606. The number of nitrogens with one attached hydrogen (secondary N) is 2. The number of H-pyrrole nitrogens is 2. The van der Waals surface area contributed by atoms with Gasteiger partial charge in [-0.05, 0) is 6.07 Å². The highest BCUT2D eigenvalue weighted by Gasteiger charge is 1.97. The average molecular weight is 134 g/mol. The van der Waals surface area contributed by atoms with Crippen LogP contribution >= 0.6 is 0 Å². The number of aromatic nitrogens is 4. The van der Waals surface area contributed by atoms with Gasteiger partial charge in [-0.3, -0.25) is 0 Å². The molecule has 0 spiro atoms. The van der Waals surface area contributed by atoms with E-state index < -0.39 is 0 Å². The molecule has 2 rings (SSSR count). The van der Waals surface area contributed by atoms with Crippen molar-refractivity contribution >= 4 is 0 Å². The lowest BCUT2D eigenvalue weighted by molar-refractivity contribution is 0.942. The van der Waals surface area contributed by atoms with Crippen molar-refractivity contribution in [2.24, 2.45) is 0 Å². The molecule has 50 valence electrons. The molecule has 0 saturated carbocycles. The molecule has 0 aromatic carbocycles. The van der Waals surface area contributed by atoms with Gasteiger partial charge in [-0.1, -0.05) is 0 Å². The first-order valence-electron chi connectivity index (χ1n) is 2.96. The molecule has 0 unspecified atom stereocenters. The third kappa shape index (κ3) is 0.699. The molecule has 0 radical (unpaired) electrons. The highest BCUT2D eigenvalue weighted by Crippen LogP contribution is 2.12. The maximum absolute atomic E-state index is 3.90. The molecular weight excluding hydrogens is 128 g/mol. The molecule has 0 bridgehead atoms. The van der Waals surface area contributed by atoms with E-state index in [0.29, 0.717) is 0 Å². The van der Waals surface area contributed by atoms with Crippen LogP contribution in [-0.4, -0.2) is 20.4 Å². The highest BCUT2D eigenvalue weighted by atomic mass is 15.3. The lowest BCUT2D eigenvalue weighted by atomic mass is 10.3. The van der Waals surface area contributed by atoms with Gasteiger partial charge in [0.05, 0.1) is 6.20 Å². The molecule has 2 aromatic rings. The van der Waals surface area contributed by atoms with Crippen molar-refractivity contribution in [3.63, 3.8) is 0 Å². The second-order valence-electron chi connectivity index (χ2n) is 1.95. The number of aromatic amines is 2. The van der Waals surface area contributed by atoms with Crippen LogP contribution in [0, 0.1) is 0 Å². The molecule has 0 amide bonds. The first-order valence-corrected chi connectivity index (χ1v) is 2.96. The lowest BCUT2D eigenvalue weighted by Gasteiger charge is -1.82. The van der Waals surface area contributed by atoms with E-state index in [1.807, 2.05) is 18.5 Å². The molecule has 2 heterocycles. The van der Waals surface area contributed by atoms with Gasteiger partial charge < -0.3 is 4.98 Å². The summed E-state index contributed by atoms with van der Waals surface area (Å²) in [5.74, 6) is 0. The Morgan fingerprint density at radius 3 is 3.00 bits per heavy atom. The SMILES string of the molecule is c1cc(-c2cn[nH]n2)c[nH]1. The maximum atomic E-state index is 3.90. The van der Waals surface area contributed by atoms with Crippen LogP contribution in [0.25, 0.3) is 11.3 Å². The minimum atomic E-state index is 0.862. The maximum Gasteiger partial charge on any atom is 0.114 e. The lowest BCUT2D eigenvalue weighted by Crippen LogP contribution is -1.71. The molecule has 4 heteroatoms. The van der Waals surface area contributed by atoms with Crippen LogP contribution in [0.2, 0.25) is 0 Å². The minimum Gasteiger partial charge on any atom is -0.367 e. The molecule has 0 aliphatic heterocycles. The Morgan fingerprint density at radius 2 is 2.40 bits per heavy atom. The van der Waals surface area contributed by atoms with Crippen molar-refractivity contribution in [1.29, 1.82) is 0 Å². The molecule has 10 heavy (non-hydrogen) atoms. The summed E-state index contributed by atoms with van der Waals surface area (Å²) in [7, 11) is 0. The second-order valence-corrected chi connectivity index (χ2v) is 1.95. The minimum absolute atomic E-state index is 0.862. The van der Waals surface area contributed by atoms with Crippen molar-refractivity contribution < 1.29 is 0 Å². The van der Waals surface area contributed by atoms with Crippen molar-refractivity contribution in [2.75, 3.05) is 0 Å². The summed E-state index contributed by atoms with van der Waals surface area (Å²) in [5.41, 5.74) is 1.91. The van der Waals surface area contributed by atoms with Gasteiger partial charge in [-0.25, -0.2) is 0 Å². The Hall–Kier alpha value is -1.58. The van der Waals surface area contributed by atoms with Crippen LogP contribution in [0.1, 0.15) is 0 Å². The van der Waals surface area contributed by atoms with Gasteiger partial charge in [-0.2, -0.15) is 15.4 Å². The van der Waals surface area contributed by atoms with Gasteiger partial charge in [0.2, 0.25) is 0 Å². The van der Waals surface area contributed by atoms with E-state index in [1.165, 1.54) is 0 Å². The summed E-state index contributed by atoms with van der Waals surface area (Å²) in [6.07, 6.45) is 5.41. The topological polar surface area (TPSA) is 57.4 Å². The van der Waals surface area contributed by atoms with Crippen molar-refractivity contribution in [3.05, 3.63) is 24.7 Å². The van der Waals surface area contributed by atoms with E-state index in [1.54, 1.807) is 6.20 Å². The van der Waals surface area contributed by atoms with E-state index in [0.717, 1.165) is 11.3 Å². The van der Waals surface area contributed by atoms with Gasteiger partial charge >= 0.3 is 0 Å². The third-order valence-electron chi connectivity index (χ3n) is 1.31. The van der Waals surface area contributed by atoms with Gasteiger partial charge in [0.15, 0.2) is 0 Å². The van der Waals surface area contributed by atoms with Gasteiger partial charge in [-0.15, -0.1) is 0 Å². The van der Waals surface area contributed by atoms with Crippen LogP contribution in [0.3, 0.4) is 0 Å². The van der Waals surface area contributed by atoms with Gasteiger partial charge in [0, 0.05) is 18.0 Å². The van der Waals surface area contributed by atoms with Crippen molar-refractivity contribution in [1.82, 2.24) is 20.4 Å². The normalized spacial score (nSPS) is 10.0. The average Bonchev–Trinajstić information content (AvgIpc) is 2.59. The molecule has 0 saturated heterocycles. The number of hydrogen-bond donors (Lipinski definition) is 2. The molecule has 0 atom stereocenters. The standard InChI is InChI=1S/C6H6N4/c1-2-7-3-5(1)6-4-8-10-9-6/h1-4,7H,(H,8,9,10). The summed E-state index contributed by atoms with van der Waals surface area (Å²) in [6.45, 7) is 0. The van der Waals surface area contributed by atoms with Crippen LogP contribution in [-0.2, 0) is 0 Å². The smallest absolute Gasteiger partial charge is 0.114 e. The Morgan fingerprint density at radius 1 is 1.40 bits per heavy atom. The summed E-state index contributed by atoms with van der Waals surface area (Å²) < 4.78 is 0. The molecule has 2 N–H and O–H groups in total. The molecule has 0 aliphatic carbocycles. The predicted molar refractivity (Wildman–Crippen MR) is 36.2 cm³/mol. The van der Waals surface area contributed by atoms with Crippen LogP contribution in [0.5, 0.6) is 0 Å². The van der Waals surface area contributed by atoms with Crippen LogP contribution < -0.4 is 0 Å². The monoisotopic (exact) mass is 134 g/mol. The summed E-state index contributed by atoms with van der Waals surface area (Å²) in [6, 6.07) is 1.94. The highest BCUT2D eigenvalue weighted by molar-refractivity contribution is 5.55. The molecule has 0 aliphatic rings. The first kappa shape index (κ1) is 5.22. The Balaban J connectivity index is 2.48. The molecule has 2 aromatic heterocycles. The predicted octanol–water partition coefficient (Wildman–Crippen LogP) is 0.800. The second kappa shape index (κ2) is 1.98. The zero-order valence-corrected chi connectivity index (χ0v) is 5.20. The Bertz CT molecular complexity index is 249. The fourth-order valence-electron chi connectivity index (χ4n) is 0.824. The third-order valence-corrected chi connectivity index (χ3v) is 1.31. The van der Waals surface area contributed by atoms with E-state index in [2.05, 4.69) is 20.4 Å².